The summed E-state index contributed by atoms with van der Waals surface area (Å²) in [5.41, 5.74) is 4.44. The van der Waals surface area contributed by atoms with Gasteiger partial charge in [-0.15, -0.1) is 0 Å². The number of thioether (sulfide) groups is 1. The molecule has 2 aromatic carbocycles. The standard InChI is InChI=1S/C28H27N5O2S/c34-27(30-19-24-11-4-5-12-29-24)23-10-6-7-21(17-23)20-36-28-31-25(22-8-2-1-3-9-22)18-26(32-28)33-13-15-35-16-14-33/h1-12,17-18H,13-16,19-20H2,(H,30,34). The fourth-order valence-corrected chi connectivity index (χ4v) is 4.71. The van der Waals surface area contributed by atoms with Gasteiger partial charge < -0.3 is 15.0 Å². The Hall–Kier alpha value is -3.75. The molecule has 5 rings (SSSR count). The zero-order valence-corrected chi connectivity index (χ0v) is 20.7. The lowest BCUT2D eigenvalue weighted by molar-refractivity contribution is 0.0950. The summed E-state index contributed by atoms with van der Waals surface area (Å²) in [6.45, 7) is 3.41. The van der Waals surface area contributed by atoms with Crippen molar-refractivity contribution in [3.05, 3.63) is 102 Å². The zero-order chi connectivity index (χ0) is 24.6. The quantitative estimate of drug-likeness (QED) is 0.282. The van der Waals surface area contributed by atoms with Crippen LogP contribution in [0.1, 0.15) is 21.6 Å². The summed E-state index contributed by atoms with van der Waals surface area (Å²) in [5, 5.41) is 3.65. The molecule has 0 bridgehead atoms. The fraction of sp³-hybridized carbons (Fsp3) is 0.214. The van der Waals surface area contributed by atoms with Gasteiger partial charge in [-0.25, -0.2) is 9.97 Å². The molecule has 0 saturated carbocycles. The summed E-state index contributed by atoms with van der Waals surface area (Å²) in [5.74, 6) is 1.45. The normalized spacial score (nSPS) is 13.4. The molecule has 0 spiro atoms. The van der Waals surface area contributed by atoms with E-state index in [0.717, 1.165) is 41.4 Å². The molecule has 2 aromatic heterocycles. The third-order valence-electron chi connectivity index (χ3n) is 5.81. The maximum absolute atomic E-state index is 12.7. The molecule has 4 aromatic rings. The molecule has 36 heavy (non-hydrogen) atoms. The van der Waals surface area contributed by atoms with Crippen molar-refractivity contribution in [1.82, 2.24) is 20.3 Å². The highest BCUT2D eigenvalue weighted by Crippen LogP contribution is 2.28. The Balaban J connectivity index is 1.30. The van der Waals surface area contributed by atoms with Crippen LogP contribution in [0.5, 0.6) is 0 Å². The minimum absolute atomic E-state index is 0.121. The first-order valence-corrected chi connectivity index (χ1v) is 12.9. The van der Waals surface area contributed by atoms with Crippen molar-refractivity contribution >= 4 is 23.5 Å². The second-order valence-electron chi connectivity index (χ2n) is 8.35. The van der Waals surface area contributed by atoms with Gasteiger partial charge in [-0.2, -0.15) is 0 Å². The smallest absolute Gasteiger partial charge is 0.251 e. The van der Waals surface area contributed by atoms with Crippen molar-refractivity contribution in [2.75, 3.05) is 31.2 Å². The van der Waals surface area contributed by atoms with Gasteiger partial charge in [0.05, 0.1) is 31.1 Å². The van der Waals surface area contributed by atoms with Gasteiger partial charge >= 0.3 is 0 Å². The summed E-state index contributed by atoms with van der Waals surface area (Å²) in [6.07, 6.45) is 1.72. The monoisotopic (exact) mass is 497 g/mol. The van der Waals surface area contributed by atoms with E-state index in [-0.39, 0.29) is 5.91 Å². The lowest BCUT2D eigenvalue weighted by Crippen LogP contribution is -2.36. The highest BCUT2D eigenvalue weighted by molar-refractivity contribution is 7.98. The number of benzene rings is 2. The van der Waals surface area contributed by atoms with E-state index >= 15 is 0 Å². The predicted molar refractivity (Wildman–Crippen MR) is 142 cm³/mol. The Labute approximate surface area is 215 Å². The van der Waals surface area contributed by atoms with Crippen LogP contribution in [-0.4, -0.2) is 47.2 Å². The molecule has 0 unspecified atom stereocenters. The molecule has 0 radical (unpaired) electrons. The second-order valence-corrected chi connectivity index (χ2v) is 9.29. The van der Waals surface area contributed by atoms with Gasteiger partial charge in [-0.05, 0) is 29.8 Å². The first-order chi connectivity index (χ1) is 17.7. The molecule has 1 aliphatic heterocycles. The van der Waals surface area contributed by atoms with E-state index in [1.54, 1.807) is 18.0 Å². The number of aromatic nitrogens is 3. The van der Waals surface area contributed by atoms with Crippen LogP contribution < -0.4 is 10.2 Å². The summed E-state index contributed by atoms with van der Waals surface area (Å²) in [6, 6.07) is 25.5. The van der Waals surface area contributed by atoms with Gasteiger partial charge in [0, 0.05) is 42.2 Å². The number of rotatable bonds is 8. The lowest BCUT2D eigenvalue weighted by atomic mass is 10.1. The highest BCUT2D eigenvalue weighted by Gasteiger charge is 2.16. The number of nitrogens with one attached hydrogen (secondary N) is 1. The van der Waals surface area contributed by atoms with Crippen molar-refractivity contribution in [2.24, 2.45) is 0 Å². The maximum Gasteiger partial charge on any atom is 0.251 e. The Morgan fingerprint density at radius 3 is 2.58 bits per heavy atom. The number of morpholine rings is 1. The van der Waals surface area contributed by atoms with Crippen molar-refractivity contribution in [3.63, 3.8) is 0 Å². The number of hydrogen-bond acceptors (Lipinski definition) is 7. The van der Waals surface area contributed by atoms with Crippen molar-refractivity contribution < 1.29 is 9.53 Å². The number of hydrogen-bond donors (Lipinski definition) is 1. The molecule has 1 N–H and O–H groups in total. The van der Waals surface area contributed by atoms with Crippen LogP contribution in [-0.2, 0) is 17.0 Å². The topological polar surface area (TPSA) is 80.2 Å². The van der Waals surface area contributed by atoms with Gasteiger partial charge in [0.2, 0.25) is 0 Å². The van der Waals surface area contributed by atoms with Crippen LogP contribution in [0.3, 0.4) is 0 Å². The predicted octanol–water partition coefficient (Wildman–Crippen LogP) is 4.60. The molecule has 8 heteroatoms. The van der Waals surface area contributed by atoms with Crippen LogP contribution >= 0.6 is 11.8 Å². The second kappa shape index (κ2) is 11.8. The number of pyridine rings is 1. The van der Waals surface area contributed by atoms with Gasteiger partial charge in [0.1, 0.15) is 5.82 Å². The van der Waals surface area contributed by atoms with Crippen LogP contribution in [0.2, 0.25) is 0 Å². The van der Waals surface area contributed by atoms with Gasteiger partial charge in [-0.3, -0.25) is 9.78 Å². The molecular formula is C28H27N5O2S. The molecule has 1 fully saturated rings. The molecule has 0 atom stereocenters. The number of anilines is 1. The number of ether oxygens (including phenoxy) is 1. The van der Waals surface area contributed by atoms with Gasteiger partial charge in [0.25, 0.3) is 5.91 Å². The number of carbonyl (C=O) groups is 1. The third-order valence-corrected chi connectivity index (χ3v) is 6.73. The van der Waals surface area contributed by atoms with Crippen LogP contribution in [0, 0.1) is 0 Å². The maximum atomic E-state index is 12.7. The Morgan fingerprint density at radius 1 is 0.944 bits per heavy atom. The molecule has 1 amide bonds. The first-order valence-electron chi connectivity index (χ1n) is 11.9. The van der Waals surface area contributed by atoms with E-state index in [4.69, 9.17) is 14.7 Å². The minimum atomic E-state index is -0.121. The zero-order valence-electron chi connectivity index (χ0n) is 19.8. The fourth-order valence-electron chi connectivity index (χ4n) is 3.91. The van der Waals surface area contributed by atoms with Crippen molar-refractivity contribution in [3.8, 4) is 11.3 Å². The first kappa shape index (κ1) is 24.0. The highest BCUT2D eigenvalue weighted by atomic mass is 32.2. The molecule has 3 heterocycles. The molecule has 182 valence electrons. The summed E-state index contributed by atoms with van der Waals surface area (Å²) >= 11 is 1.57. The summed E-state index contributed by atoms with van der Waals surface area (Å²) in [7, 11) is 0. The van der Waals surface area contributed by atoms with Crippen molar-refractivity contribution in [2.45, 2.75) is 17.5 Å². The molecular weight excluding hydrogens is 470 g/mol. The van der Waals surface area contributed by atoms with Crippen LogP contribution in [0.25, 0.3) is 11.3 Å². The van der Waals surface area contributed by atoms with E-state index < -0.39 is 0 Å². The van der Waals surface area contributed by atoms with E-state index in [2.05, 4.69) is 33.4 Å². The minimum Gasteiger partial charge on any atom is -0.378 e. The molecule has 7 nitrogen and oxygen atoms in total. The SMILES string of the molecule is O=C(NCc1ccccn1)c1cccc(CSc2nc(-c3ccccc3)cc(N3CCOCC3)n2)c1. The van der Waals surface area contributed by atoms with E-state index in [1.165, 1.54) is 0 Å². The van der Waals surface area contributed by atoms with Crippen LogP contribution in [0.15, 0.2) is 90.2 Å². The van der Waals surface area contributed by atoms with Crippen LogP contribution in [0.4, 0.5) is 5.82 Å². The average Bonchev–Trinajstić information content (AvgIpc) is 2.96. The molecule has 1 aliphatic rings. The molecule has 1 saturated heterocycles. The Morgan fingerprint density at radius 2 is 1.78 bits per heavy atom. The van der Waals surface area contributed by atoms with E-state index in [9.17, 15) is 4.79 Å². The summed E-state index contributed by atoms with van der Waals surface area (Å²) in [4.78, 5) is 28.9. The average molecular weight is 498 g/mol. The van der Waals surface area contributed by atoms with Gasteiger partial charge in [-0.1, -0.05) is 60.3 Å². The van der Waals surface area contributed by atoms with Crippen molar-refractivity contribution in [1.29, 1.82) is 0 Å². The van der Waals surface area contributed by atoms with E-state index in [0.29, 0.717) is 36.2 Å². The summed E-state index contributed by atoms with van der Waals surface area (Å²) < 4.78 is 5.52. The number of amides is 1. The third kappa shape index (κ3) is 6.27. The van der Waals surface area contributed by atoms with Gasteiger partial charge in [0.15, 0.2) is 5.16 Å². The Kier molecular flexibility index (Phi) is 7.85. The Bertz CT molecular complexity index is 1300. The number of nitrogens with zero attached hydrogens (tertiary/aromatic N) is 4. The largest absolute Gasteiger partial charge is 0.378 e. The van der Waals surface area contributed by atoms with E-state index in [1.807, 2.05) is 60.7 Å². The molecule has 0 aliphatic carbocycles. The number of carbonyl (C=O) groups excluding carboxylic acids is 1. The lowest BCUT2D eigenvalue weighted by Gasteiger charge is -2.28.